The molecule has 0 aliphatic rings. The first kappa shape index (κ1) is 12.9. The number of hydrogen-bond acceptors (Lipinski definition) is 1. The summed E-state index contributed by atoms with van der Waals surface area (Å²) in [5, 5.41) is 0. The van der Waals surface area contributed by atoms with Gasteiger partial charge in [0.05, 0.1) is 0 Å². The van der Waals surface area contributed by atoms with E-state index in [1.807, 2.05) is 13.8 Å². The van der Waals surface area contributed by atoms with Crippen molar-refractivity contribution in [1.82, 2.24) is 0 Å². The van der Waals surface area contributed by atoms with Gasteiger partial charge < -0.3 is 0 Å². The third-order valence-electron chi connectivity index (χ3n) is 1.73. The van der Waals surface area contributed by atoms with Crippen molar-refractivity contribution in [3.8, 4) is 0 Å². The fourth-order valence-corrected chi connectivity index (χ4v) is 1.46. The molecule has 0 atom stereocenters. The van der Waals surface area contributed by atoms with Crippen molar-refractivity contribution in [2.75, 3.05) is 0 Å². The quantitative estimate of drug-likeness (QED) is 0.701. The molecule has 0 spiro atoms. The van der Waals surface area contributed by atoms with E-state index in [0.29, 0.717) is 6.42 Å². The van der Waals surface area contributed by atoms with Gasteiger partial charge in [-0.15, -0.1) is 0 Å². The van der Waals surface area contributed by atoms with Gasteiger partial charge >= 0.3 is 0 Å². The molecule has 0 aromatic heterocycles. The Labute approximate surface area is 87.2 Å². The molecule has 0 unspecified atom stereocenters. The van der Waals surface area contributed by atoms with Crippen molar-refractivity contribution in [2.45, 2.75) is 41.0 Å². The maximum absolute atomic E-state index is 10.8. The smallest absolute Gasteiger partial charge is 0.134 e. The highest BCUT2D eigenvalue weighted by Gasteiger charge is 1.98. The van der Waals surface area contributed by atoms with Crippen molar-refractivity contribution >= 4 is 5.78 Å². The standard InChI is InChI=1S/C11H14O.C2H6/c1-8-4-9(2)6-11(5-8)7-10(3)12;1-2/h4-6H,7H2,1-3H3;1-2H3. The minimum Gasteiger partial charge on any atom is -0.300 e. The van der Waals surface area contributed by atoms with E-state index in [9.17, 15) is 4.79 Å². The molecular weight excluding hydrogens is 172 g/mol. The molecule has 78 valence electrons. The van der Waals surface area contributed by atoms with Gasteiger partial charge in [-0.3, -0.25) is 4.79 Å². The van der Waals surface area contributed by atoms with Gasteiger partial charge in [0.2, 0.25) is 0 Å². The Kier molecular flexibility index (Phi) is 5.86. The van der Waals surface area contributed by atoms with Crippen molar-refractivity contribution < 1.29 is 4.79 Å². The summed E-state index contributed by atoms with van der Waals surface area (Å²) in [6.07, 6.45) is 0.558. The maximum Gasteiger partial charge on any atom is 0.134 e. The van der Waals surface area contributed by atoms with Gasteiger partial charge in [-0.1, -0.05) is 43.2 Å². The Hall–Kier alpha value is -1.11. The zero-order chi connectivity index (χ0) is 11.1. The number of carbonyl (C=O) groups excluding carboxylic acids is 1. The number of carbonyl (C=O) groups is 1. The summed E-state index contributed by atoms with van der Waals surface area (Å²) in [5.41, 5.74) is 3.58. The van der Waals surface area contributed by atoms with Crippen LogP contribution in [0.5, 0.6) is 0 Å². The Bertz CT molecular complexity index is 280. The van der Waals surface area contributed by atoms with Crippen LogP contribution in [0.3, 0.4) is 0 Å². The highest BCUT2D eigenvalue weighted by atomic mass is 16.1. The van der Waals surface area contributed by atoms with E-state index >= 15 is 0 Å². The van der Waals surface area contributed by atoms with Gasteiger partial charge in [-0.2, -0.15) is 0 Å². The lowest BCUT2D eigenvalue weighted by atomic mass is 10.0. The largest absolute Gasteiger partial charge is 0.300 e. The SMILES string of the molecule is CC.CC(=O)Cc1cc(C)cc(C)c1. The number of aryl methyl sites for hydroxylation is 2. The predicted molar refractivity (Wildman–Crippen MR) is 61.6 cm³/mol. The molecule has 0 saturated heterocycles. The summed E-state index contributed by atoms with van der Waals surface area (Å²) in [6, 6.07) is 6.24. The third-order valence-corrected chi connectivity index (χ3v) is 1.73. The number of rotatable bonds is 2. The monoisotopic (exact) mass is 192 g/mol. The molecule has 0 amide bonds. The lowest BCUT2D eigenvalue weighted by molar-refractivity contribution is -0.116. The summed E-state index contributed by atoms with van der Waals surface area (Å²) in [5.74, 6) is 0.222. The van der Waals surface area contributed by atoms with Crippen LogP contribution >= 0.6 is 0 Å². The Morgan fingerprint density at radius 1 is 1.07 bits per heavy atom. The first-order chi connectivity index (χ1) is 6.58. The van der Waals surface area contributed by atoms with Crippen molar-refractivity contribution in [2.24, 2.45) is 0 Å². The van der Waals surface area contributed by atoms with Crippen LogP contribution in [0.25, 0.3) is 0 Å². The van der Waals surface area contributed by atoms with Crippen LogP contribution in [0.15, 0.2) is 18.2 Å². The molecule has 1 rings (SSSR count). The third kappa shape index (κ3) is 4.80. The molecule has 1 heteroatoms. The van der Waals surface area contributed by atoms with Crippen LogP contribution in [0.1, 0.15) is 37.5 Å². The van der Waals surface area contributed by atoms with Crippen LogP contribution in [-0.4, -0.2) is 5.78 Å². The van der Waals surface area contributed by atoms with E-state index in [0.717, 1.165) is 5.56 Å². The minimum absolute atomic E-state index is 0.222. The normalized spacial score (nSPS) is 8.93. The molecule has 0 radical (unpaired) electrons. The lowest BCUT2D eigenvalue weighted by Gasteiger charge is -2.01. The van der Waals surface area contributed by atoms with Crippen LogP contribution < -0.4 is 0 Å². The van der Waals surface area contributed by atoms with E-state index in [2.05, 4.69) is 32.0 Å². The molecular formula is C13H20O. The second kappa shape index (κ2) is 6.36. The summed E-state index contributed by atoms with van der Waals surface area (Å²) >= 11 is 0. The topological polar surface area (TPSA) is 17.1 Å². The number of hydrogen-bond donors (Lipinski definition) is 0. The summed E-state index contributed by atoms with van der Waals surface area (Å²) in [7, 11) is 0. The van der Waals surface area contributed by atoms with E-state index in [1.54, 1.807) is 6.92 Å². The van der Waals surface area contributed by atoms with Crippen molar-refractivity contribution in [3.05, 3.63) is 34.9 Å². The lowest BCUT2D eigenvalue weighted by Crippen LogP contribution is -1.96. The molecule has 0 fully saturated rings. The van der Waals surface area contributed by atoms with Gasteiger partial charge in [0.15, 0.2) is 0 Å². The van der Waals surface area contributed by atoms with Crippen molar-refractivity contribution in [1.29, 1.82) is 0 Å². The van der Waals surface area contributed by atoms with E-state index in [-0.39, 0.29) is 5.78 Å². The fourth-order valence-electron chi connectivity index (χ4n) is 1.46. The summed E-state index contributed by atoms with van der Waals surface area (Å²) < 4.78 is 0. The molecule has 0 aliphatic carbocycles. The van der Waals surface area contributed by atoms with Gasteiger partial charge in [0.1, 0.15) is 5.78 Å². The second-order valence-corrected chi connectivity index (χ2v) is 3.37. The molecule has 0 bridgehead atoms. The first-order valence-electron chi connectivity index (χ1n) is 5.14. The van der Waals surface area contributed by atoms with Gasteiger partial charge in [0, 0.05) is 6.42 Å². The first-order valence-corrected chi connectivity index (χ1v) is 5.14. The van der Waals surface area contributed by atoms with Crippen LogP contribution in [-0.2, 0) is 11.2 Å². The fraction of sp³-hybridized carbons (Fsp3) is 0.462. The highest BCUT2D eigenvalue weighted by Crippen LogP contribution is 2.09. The zero-order valence-corrected chi connectivity index (χ0v) is 9.85. The maximum atomic E-state index is 10.8. The zero-order valence-electron chi connectivity index (χ0n) is 9.85. The molecule has 0 heterocycles. The summed E-state index contributed by atoms with van der Waals surface area (Å²) in [4.78, 5) is 10.8. The average molecular weight is 192 g/mol. The number of ketones is 1. The molecule has 0 aliphatic heterocycles. The Balaban J connectivity index is 0.000000791. The highest BCUT2D eigenvalue weighted by molar-refractivity contribution is 5.78. The van der Waals surface area contributed by atoms with Gasteiger partial charge in [0.25, 0.3) is 0 Å². The average Bonchev–Trinajstić information content (AvgIpc) is 2.04. The van der Waals surface area contributed by atoms with Crippen LogP contribution in [0.2, 0.25) is 0 Å². The van der Waals surface area contributed by atoms with Crippen LogP contribution in [0.4, 0.5) is 0 Å². The van der Waals surface area contributed by atoms with Gasteiger partial charge in [-0.05, 0) is 26.3 Å². The van der Waals surface area contributed by atoms with Gasteiger partial charge in [-0.25, -0.2) is 0 Å². The second-order valence-electron chi connectivity index (χ2n) is 3.37. The van der Waals surface area contributed by atoms with E-state index in [4.69, 9.17) is 0 Å². The number of Topliss-reactive ketones (excluding diaryl/α,β-unsaturated/α-hetero) is 1. The predicted octanol–water partition coefficient (Wildman–Crippen LogP) is 3.46. The van der Waals surface area contributed by atoms with Crippen LogP contribution in [0, 0.1) is 13.8 Å². The summed E-state index contributed by atoms with van der Waals surface area (Å²) in [6.45, 7) is 9.73. The molecule has 1 aromatic rings. The number of benzene rings is 1. The van der Waals surface area contributed by atoms with E-state index < -0.39 is 0 Å². The Morgan fingerprint density at radius 3 is 1.86 bits per heavy atom. The minimum atomic E-state index is 0.222. The molecule has 1 aromatic carbocycles. The molecule has 1 nitrogen and oxygen atoms in total. The molecule has 0 N–H and O–H groups in total. The molecule has 14 heavy (non-hydrogen) atoms. The molecule has 0 saturated carbocycles. The Morgan fingerprint density at radius 2 is 1.50 bits per heavy atom. The van der Waals surface area contributed by atoms with E-state index in [1.165, 1.54) is 11.1 Å². The van der Waals surface area contributed by atoms with Crippen molar-refractivity contribution in [3.63, 3.8) is 0 Å².